The van der Waals surface area contributed by atoms with Crippen LogP contribution in [0.2, 0.25) is 0 Å². The molecule has 3 rings (SSSR count). The molecule has 0 aromatic rings. The summed E-state index contributed by atoms with van der Waals surface area (Å²) in [5.41, 5.74) is 0. The van der Waals surface area contributed by atoms with Gasteiger partial charge in [0.1, 0.15) is 0 Å². The summed E-state index contributed by atoms with van der Waals surface area (Å²) in [6.45, 7) is 5.98. The second-order valence-electron chi connectivity index (χ2n) is 7.76. The van der Waals surface area contributed by atoms with Crippen molar-refractivity contribution in [1.82, 2.24) is 20.4 Å². The van der Waals surface area contributed by atoms with E-state index in [2.05, 4.69) is 32.5 Å². The maximum Gasteiger partial charge on any atom is 0.191 e. The van der Waals surface area contributed by atoms with E-state index < -0.39 is 0 Å². The second kappa shape index (κ2) is 8.34. The molecule has 0 amide bonds. The third-order valence-electron chi connectivity index (χ3n) is 6.02. The van der Waals surface area contributed by atoms with Crippen LogP contribution in [0, 0.1) is 5.92 Å². The monoisotopic (exact) mass is 321 g/mol. The lowest BCUT2D eigenvalue weighted by atomic mass is 9.97. The van der Waals surface area contributed by atoms with Gasteiger partial charge < -0.3 is 15.5 Å². The molecule has 2 N–H and O–H groups in total. The topological polar surface area (TPSA) is 42.9 Å². The Morgan fingerprint density at radius 1 is 1.04 bits per heavy atom. The highest BCUT2D eigenvalue weighted by Gasteiger charge is 2.30. The minimum atomic E-state index is 0.569. The van der Waals surface area contributed by atoms with Crippen LogP contribution in [0.1, 0.15) is 44.9 Å². The van der Waals surface area contributed by atoms with Crippen LogP contribution in [-0.2, 0) is 0 Å². The Hall–Kier alpha value is -0.810. The van der Waals surface area contributed by atoms with E-state index in [1.54, 1.807) is 0 Å². The van der Waals surface area contributed by atoms with Gasteiger partial charge in [-0.25, -0.2) is 0 Å². The van der Waals surface area contributed by atoms with Gasteiger partial charge >= 0.3 is 0 Å². The van der Waals surface area contributed by atoms with E-state index >= 15 is 0 Å². The number of likely N-dealkylation sites (tertiary alicyclic amines) is 2. The van der Waals surface area contributed by atoms with Crippen LogP contribution in [0.15, 0.2) is 4.99 Å². The number of guanidine groups is 1. The number of nitrogens with one attached hydrogen (secondary N) is 2. The lowest BCUT2D eigenvalue weighted by Gasteiger charge is -2.29. The minimum absolute atomic E-state index is 0.569. The molecule has 1 saturated carbocycles. The Morgan fingerprint density at radius 2 is 1.78 bits per heavy atom. The van der Waals surface area contributed by atoms with Gasteiger partial charge in [-0.15, -0.1) is 0 Å². The van der Waals surface area contributed by atoms with E-state index in [0.717, 1.165) is 24.5 Å². The van der Waals surface area contributed by atoms with Crippen molar-refractivity contribution in [1.29, 1.82) is 0 Å². The fourth-order valence-corrected chi connectivity index (χ4v) is 4.40. The zero-order valence-electron chi connectivity index (χ0n) is 15.1. The first-order chi connectivity index (χ1) is 11.2. The molecule has 0 aromatic heterocycles. The maximum absolute atomic E-state index is 4.44. The fraction of sp³-hybridized carbons (Fsp3) is 0.944. The van der Waals surface area contributed by atoms with Crippen LogP contribution in [-0.4, -0.2) is 74.7 Å². The summed E-state index contributed by atoms with van der Waals surface area (Å²) in [6, 6.07) is 1.43. The van der Waals surface area contributed by atoms with Crippen molar-refractivity contribution in [2.24, 2.45) is 10.9 Å². The summed E-state index contributed by atoms with van der Waals surface area (Å²) in [6.07, 6.45) is 9.55. The molecule has 5 nitrogen and oxygen atoms in total. The van der Waals surface area contributed by atoms with Crippen molar-refractivity contribution >= 4 is 5.96 Å². The van der Waals surface area contributed by atoms with E-state index in [1.165, 1.54) is 71.1 Å². The Kier molecular flexibility index (Phi) is 6.17. The Labute approximate surface area is 141 Å². The van der Waals surface area contributed by atoms with Gasteiger partial charge in [0.2, 0.25) is 0 Å². The van der Waals surface area contributed by atoms with Crippen molar-refractivity contribution in [3.8, 4) is 0 Å². The minimum Gasteiger partial charge on any atom is -0.356 e. The molecule has 3 aliphatic rings. The van der Waals surface area contributed by atoms with Crippen LogP contribution < -0.4 is 10.6 Å². The summed E-state index contributed by atoms with van der Waals surface area (Å²) in [4.78, 5) is 9.57. The van der Waals surface area contributed by atoms with E-state index in [9.17, 15) is 0 Å². The van der Waals surface area contributed by atoms with E-state index in [1.807, 2.05) is 7.05 Å². The van der Waals surface area contributed by atoms with Gasteiger partial charge in [0, 0.05) is 38.8 Å². The van der Waals surface area contributed by atoms with Crippen molar-refractivity contribution in [3.05, 3.63) is 0 Å². The molecule has 2 saturated heterocycles. The van der Waals surface area contributed by atoms with Gasteiger partial charge in [-0.1, -0.05) is 12.8 Å². The molecule has 0 bridgehead atoms. The summed E-state index contributed by atoms with van der Waals surface area (Å²) >= 11 is 0. The molecule has 0 radical (unpaired) electrons. The highest BCUT2D eigenvalue weighted by molar-refractivity contribution is 5.80. The van der Waals surface area contributed by atoms with Gasteiger partial charge in [-0.3, -0.25) is 9.89 Å². The fourth-order valence-electron chi connectivity index (χ4n) is 4.40. The summed E-state index contributed by atoms with van der Waals surface area (Å²) < 4.78 is 0. The molecule has 5 heteroatoms. The maximum atomic E-state index is 4.44. The van der Waals surface area contributed by atoms with Gasteiger partial charge in [0.25, 0.3) is 0 Å². The van der Waals surface area contributed by atoms with E-state index in [0.29, 0.717) is 6.04 Å². The molecular formula is C18H35N5. The second-order valence-corrected chi connectivity index (χ2v) is 7.76. The number of nitrogens with zero attached hydrogens (tertiary/aromatic N) is 3. The third-order valence-corrected chi connectivity index (χ3v) is 6.02. The van der Waals surface area contributed by atoms with E-state index in [4.69, 9.17) is 0 Å². The first-order valence-electron chi connectivity index (χ1n) is 9.64. The highest BCUT2D eigenvalue weighted by atomic mass is 15.3. The summed E-state index contributed by atoms with van der Waals surface area (Å²) in [5, 5.41) is 7.22. The Morgan fingerprint density at radius 3 is 2.48 bits per heavy atom. The smallest absolute Gasteiger partial charge is 0.191 e. The number of hydrogen-bond acceptors (Lipinski definition) is 3. The van der Waals surface area contributed by atoms with Crippen molar-refractivity contribution < 1.29 is 0 Å². The zero-order valence-corrected chi connectivity index (χ0v) is 15.1. The Balaban J connectivity index is 1.38. The summed E-state index contributed by atoms with van der Waals surface area (Å²) in [5.74, 6) is 1.80. The molecule has 2 heterocycles. The predicted octanol–water partition coefficient (Wildman–Crippen LogP) is 1.51. The SMILES string of the molecule is CN=C(NCC1CCN(C)CC1)NC1CCN(C2CCCC2)C1. The number of rotatable bonds is 4. The molecule has 3 fully saturated rings. The highest BCUT2D eigenvalue weighted by Crippen LogP contribution is 2.26. The van der Waals surface area contributed by atoms with Gasteiger partial charge in [0.15, 0.2) is 5.96 Å². The van der Waals surface area contributed by atoms with Crippen molar-refractivity contribution in [2.45, 2.75) is 57.0 Å². The normalized spacial score (nSPS) is 29.3. The number of aliphatic imine (C=N–C) groups is 1. The third kappa shape index (κ3) is 4.83. The van der Waals surface area contributed by atoms with Gasteiger partial charge in [-0.05, 0) is 58.2 Å². The molecule has 23 heavy (non-hydrogen) atoms. The van der Waals surface area contributed by atoms with Crippen LogP contribution in [0.5, 0.6) is 0 Å². The van der Waals surface area contributed by atoms with Gasteiger partial charge in [-0.2, -0.15) is 0 Å². The van der Waals surface area contributed by atoms with Crippen LogP contribution in [0.25, 0.3) is 0 Å². The molecule has 0 aromatic carbocycles. The quantitative estimate of drug-likeness (QED) is 0.608. The molecule has 0 spiro atoms. The first-order valence-corrected chi connectivity index (χ1v) is 9.64. The standard InChI is InChI=1S/C18H35N5/c1-19-18(20-13-15-7-10-22(2)11-8-15)21-16-9-12-23(14-16)17-5-3-4-6-17/h15-17H,3-14H2,1-2H3,(H2,19,20,21). The zero-order chi connectivity index (χ0) is 16.1. The molecule has 1 unspecified atom stereocenters. The average molecular weight is 322 g/mol. The average Bonchev–Trinajstić information content (AvgIpc) is 3.24. The first kappa shape index (κ1) is 17.0. The number of hydrogen-bond donors (Lipinski definition) is 2. The molecule has 1 atom stereocenters. The summed E-state index contributed by atoms with van der Waals surface area (Å²) in [7, 11) is 4.12. The van der Waals surface area contributed by atoms with Gasteiger partial charge in [0.05, 0.1) is 0 Å². The van der Waals surface area contributed by atoms with Crippen LogP contribution >= 0.6 is 0 Å². The van der Waals surface area contributed by atoms with Crippen molar-refractivity contribution in [2.75, 3.05) is 46.8 Å². The largest absolute Gasteiger partial charge is 0.356 e. The molecule has 132 valence electrons. The molecule has 1 aliphatic carbocycles. The van der Waals surface area contributed by atoms with Crippen LogP contribution in [0.4, 0.5) is 0 Å². The lowest BCUT2D eigenvalue weighted by molar-refractivity contribution is 0.220. The van der Waals surface area contributed by atoms with Crippen LogP contribution in [0.3, 0.4) is 0 Å². The number of piperidine rings is 1. The predicted molar refractivity (Wildman–Crippen MR) is 97.0 cm³/mol. The Bertz CT molecular complexity index is 383. The molecule has 2 aliphatic heterocycles. The van der Waals surface area contributed by atoms with E-state index in [-0.39, 0.29) is 0 Å². The van der Waals surface area contributed by atoms with Crippen molar-refractivity contribution in [3.63, 3.8) is 0 Å². The molecular weight excluding hydrogens is 286 g/mol. The lowest BCUT2D eigenvalue weighted by Crippen LogP contribution is -2.47.